The molecule has 20 heavy (non-hydrogen) atoms. The van der Waals surface area contributed by atoms with Gasteiger partial charge in [0.2, 0.25) is 5.91 Å². The molecular weight excluding hydrogens is 246 g/mol. The Morgan fingerprint density at radius 3 is 2.10 bits per heavy atom. The first-order valence-corrected chi connectivity index (χ1v) is 8.27. The van der Waals surface area contributed by atoms with Crippen LogP contribution in [0.5, 0.6) is 0 Å². The molecule has 0 bridgehead atoms. The molecule has 0 aliphatic rings. The normalized spacial score (nSPS) is 14.4. The van der Waals surface area contributed by atoms with Crippen molar-refractivity contribution in [2.24, 2.45) is 22.7 Å². The number of hydrogen-bond acceptors (Lipinski definition) is 1. The van der Waals surface area contributed by atoms with Crippen molar-refractivity contribution in [2.45, 2.75) is 81.1 Å². The maximum atomic E-state index is 12.0. The highest BCUT2D eigenvalue weighted by Crippen LogP contribution is 2.33. The predicted molar refractivity (Wildman–Crippen MR) is 88.7 cm³/mol. The van der Waals surface area contributed by atoms with Crippen molar-refractivity contribution in [1.82, 2.24) is 5.32 Å². The van der Waals surface area contributed by atoms with Crippen LogP contribution in [0, 0.1) is 22.7 Å². The molecule has 0 aromatic heterocycles. The van der Waals surface area contributed by atoms with Gasteiger partial charge in [-0.3, -0.25) is 4.79 Å². The van der Waals surface area contributed by atoms with Crippen molar-refractivity contribution in [1.29, 1.82) is 0 Å². The van der Waals surface area contributed by atoms with Crippen LogP contribution in [-0.4, -0.2) is 12.5 Å². The van der Waals surface area contributed by atoms with Crippen molar-refractivity contribution in [3.8, 4) is 0 Å². The van der Waals surface area contributed by atoms with E-state index in [0.29, 0.717) is 23.7 Å². The summed E-state index contributed by atoms with van der Waals surface area (Å²) in [4.78, 5) is 12.0. The predicted octanol–water partition coefficient (Wildman–Crippen LogP) is 5.03. The van der Waals surface area contributed by atoms with Gasteiger partial charge in [0.25, 0.3) is 0 Å². The summed E-state index contributed by atoms with van der Waals surface area (Å²) in [5.74, 6) is 1.41. The second-order valence-electron chi connectivity index (χ2n) is 8.35. The van der Waals surface area contributed by atoms with Gasteiger partial charge in [0.15, 0.2) is 0 Å². The quantitative estimate of drug-likeness (QED) is 0.632. The van der Waals surface area contributed by atoms with Crippen molar-refractivity contribution in [3.63, 3.8) is 0 Å². The highest BCUT2D eigenvalue weighted by molar-refractivity contribution is 5.76. The minimum Gasteiger partial charge on any atom is -0.356 e. The molecular formula is C18H37NO. The molecule has 0 radical (unpaired) electrons. The molecule has 2 heteroatoms. The molecule has 1 atom stereocenters. The van der Waals surface area contributed by atoms with E-state index < -0.39 is 0 Å². The first-order chi connectivity index (χ1) is 9.00. The van der Waals surface area contributed by atoms with Crippen molar-refractivity contribution < 1.29 is 4.79 Å². The molecule has 0 aliphatic heterocycles. The molecule has 0 rings (SSSR count). The Labute approximate surface area is 127 Å². The van der Waals surface area contributed by atoms with Crippen LogP contribution >= 0.6 is 0 Å². The van der Waals surface area contributed by atoms with Crippen LogP contribution in [0.15, 0.2) is 0 Å². The third-order valence-electron chi connectivity index (χ3n) is 4.65. The molecule has 0 heterocycles. The van der Waals surface area contributed by atoms with E-state index in [0.717, 1.165) is 25.8 Å². The van der Waals surface area contributed by atoms with Gasteiger partial charge in [0, 0.05) is 13.0 Å². The minimum atomic E-state index is 0.124. The van der Waals surface area contributed by atoms with Gasteiger partial charge in [0.05, 0.1) is 0 Å². The van der Waals surface area contributed by atoms with Gasteiger partial charge in [-0.05, 0) is 35.5 Å². The fraction of sp³-hybridized carbons (Fsp3) is 0.944. The Morgan fingerprint density at radius 2 is 1.65 bits per heavy atom. The molecule has 0 fully saturated rings. The number of carbonyl (C=O) groups excluding carboxylic acids is 1. The topological polar surface area (TPSA) is 29.1 Å². The lowest BCUT2D eigenvalue weighted by molar-refractivity contribution is -0.123. The second-order valence-corrected chi connectivity index (χ2v) is 8.35. The van der Waals surface area contributed by atoms with E-state index in [1.54, 1.807) is 0 Å². The molecule has 0 aromatic rings. The number of hydrogen-bond donors (Lipinski definition) is 1. The van der Waals surface area contributed by atoms with Crippen LogP contribution in [0.1, 0.15) is 81.1 Å². The second kappa shape index (κ2) is 8.05. The van der Waals surface area contributed by atoms with Gasteiger partial charge in [-0.2, -0.15) is 0 Å². The summed E-state index contributed by atoms with van der Waals surface area (Å²) >= 11 is 0. The monoisotopic (exact) mass is 283 g/mol. The zero-order valence-electron chi connectivity index (χ0n) is 15.1. The van der Waals surface area contributed by atoms with E-state index >= 15 is 0 Å². The molecule has 1 amide bonds. The summed E-state index contributed by atoms with van der Waals surface area (Å²) < 4.78 is 0. The molecule has 0 aliphatic carbocycles. The summed E-state index contributed by atoms with van der Waals surface area (Å²) in [6.07, 6.45) is 4.04. The number of nitrogens with one attached hydrogen (secondary N) is 1. The Bertz CT molecular complexity index is 292. The Balaban J connectivity index is 4.13. The summed E-state index contributed by atoms with van der Waals surface area (Å²) in [5.41, 5.74) is 0.463. The van der Waals surface area contributed by atoms with Gasteiger partial charge in [-0.1, -0.05) is 61.8 Å². The van der Waals surface area contributed by atoms with Gasteiger partial charge < -0.3 is 5.32 Å². The van der Waals surface area contributed by atoms with Crippen LogP contribution in [0.2, 0.25) is 0 Å². The molecule has 120 valence electrons. The summed E-state index contributed by atoms with van der Waals surface area (Å²) in [5, 5.41) is 3.12. The third-order valence-corrected chi connectivity index (χ3v) is 4.65. The van der Waals surface area contributed by atoms with E-state index in [1.165, 1.54) is 0 Å². The van der Waals surface area contributed by atoms with E-state index in [9.17, 15) is 4.79 Å². The van der Waals surface area contributed by atoms with Gasteiger partial charge in [-0.15, -0.1) is 0 Å². The van der Waals surface area contributed by atoms with Crippen LogP contribution in [-0.2, 0) is 4.79 Å². The Hall–Kier alpha value is -0.530. The zero-order chi connectivity index (χ0) is 16.0. The maximum absolute atomic E-state index is 12.0. The van der Waals surface area contributed by atoms with Crippen LogP contribution in [0.3, 0.4) is 0 Å². The smallest absolute Gasteiger partial charge is 0.220 e. The molecule has 0 spiro atoms. The van der Waals surface area contributed by atoms with Gasteiger partial charge >= 0.3 is 0 Å². The summed E-state index contributed by atoms with van der Waals surface area (Å²) in [6, 6.07) is 0. The van der Waals surface area contributed by atoms with Crippen molar-refractivity contribution >= 4 is 5.91 Å². The molecule has 1 N–H and O–H groups in total. The first-order valence-electron chi connectivity index (χ1n) is 8.27. The fourth-order valence-electron chi connectivity index (χ4n) is 2.76. The fourth-order valence-corrected chi connectivity index (χ4v) is 2.76. The lowest BCUT2D eigenvalue weighted by Gasteiger charge is -2.32. The Morgan fingerprint density at radius 1 is 1.10 bits per heavy atom. The zero-order valence-corrected chi connectivity index (χ0v) is 15.1. The third kappa shape index (κ3) is 7.91. The lowest BCUT2D eigenvalue weighted by Crippen LogP contribution is -2.34. The maximum Gasteiger partial charge on any atom is 0.220 e. The number of amides is 1. The van der Waals surface area contributed by atoms with Crippen molar-refractivity contribution in [2.75, 3.05) is 6.54 Å². The van der Waals surface area contributed by atoms with E-state index in [-0.39, 0.29) is 11.3 Å². The molecule has 1 unspecified atom stereocenters. The summed E-state index contributed by atoms with van der Waals surface area (Å²) in [6.45, 7) is 18.8. The average Bonchev–Trinajstić information content (AvgIpc) is 2.24. The number of rotatable bonds is 9. The largest absolute Gasteiger partial charge is 0.356 e. The van der Waals surface area contributed by atoms with Gasteiger partial charge in [0.1, 0.15) is 0 Å². The Kier molecular flexibility index (Phi) is 7.83. The average molecular weight is 284 g/mol. The first kappa shape index (κ1) is 19.5. The van der Waals surface area contributed by atoms with E-state index in [4.69, 9.17) is 0 Å². The van der Waals surface area contributed by atoms with Crippen LogP contribution in [0.4, 0.5) is 0 Å². The molecule has 2 nitrogen and oxygen atoms in total. The van der Waals surface area contributed by atoms with Gasteiger partial charge in [-0.25, -0.2) is 0 Å². The van der Waals surface area contributed by atoms with E-state index in [2.05, 4.69) is 60.7 Å². The van der Waals surface area contributed by atoms with Crippen LogP contribution in [0.25, 0.3) is 0 Å². The molecule has 0 saturated carbocycles. The minimum absolute atomic E-state index is 0.124. The highest BCUT2D eigenvalue weighted by Gasteiger charge is 2.25. The lowest BCUT2D eigenvalue weighted by atomic mass is 9.75. The molecule has 0 aromatic carbocycles. The van der Waals surface area contributed by atoms with Crippen LogP contribution < -0.4 is 5.32 Å². The summed E-state index contributed by atoms with van der Waals surface area (Å²) in [7, 11) is 0. The SMILES string of the molecule is CCCC(C)(C)CC(=O)NCC(C)CC(C)(C)C(C)C. The number of carbonyl (C=O) groups is 1. The standard InChI is InChI=1S/C18H37NO/c1-9-10-17(5,6)12-16(20)19-13-15(4)11-18(7,8)14(2)3/h14-15H,9-13H2,1-8H3,(H,19,20). The highest BCUT2D eigenvalue weighted by atomic mass is 16.1. The van der Waals surface area contributed by atoms with E-state index in [1.807, 2.05) is 0 Å². The molecule has 0 saturated heterocycles. The van der Waals surface area contributed by atoms with Crippen molar-refractivity contribution in [3.05, 3.63) is 0 Å².